The van der Waals surface area contributed by atoms with Gasteiger partial charge in [-0.15, -0.1) is 6.58 Å². The molecular weight excluding hydrogens is 252 g/mol. The van der Waals surface area contributed by atoms with E-state index >= 15 is 0 Å². The lowest BCUT2D eigenvalue weighted by molar-refractivity contribution is 0.829. The molecule has 2 rings (SSSR count). The predicted octanol–water partition coefficient (Wildman–Crippen LogP) is 3.50. The third-order valence-electron chi connectivity index (χ3n) is 2.19. The Labute approximate surface area is 97.4 Å². The number of benzene rings is 1. The lowest BCUT2D eigenvalue weighted by Gasteiger charge is -2.06. The minimum Gasteiger partial charge on any atom is -0.327 e. The first-order chi connectivity index (χ1) is 7.33. The minimum atomic E-state index is 0.774. The summed E-state index contributed by atoms with van der Waals surface area (Å²) in [4.78, 5) is 4.15. The Bertz CT molecular complexity index is 474. The zero-order chi connectivity index (χ0) is 10.7. The van der Waals surface area contributed by atoms with Crippen molar-refractivity contribution in [3.63, 3.8) is 0 Å². The number of imidazole rings is 1. The van der Waals surface area contributed by atoms with Crippen LogP contribution in [0, 0.1) is 0 Å². The van der Waals surface area contributed by atoms with Gasteiger partial charge < -0.3 is 4.57 Å². The molecule has 0 radical (unpaired) electrons. The molecule has 0 saturated carbocycles. The average molecular weight is 263 g/mol. The van der Waals surface area contributed by atoms with Crippen molar-refractivity contribution >= 4 is 15.9 Å². The zero-order valence-corrected chi connectivity index (χ0v) is 9.81. The maximum atomic E-state index is 4.15. The molecule has 0 aliphatic heterocycles. The van der Waals surface area contributed by atoms with Gasteiger partial charge in [0.25, 0.3) is 0 Å². The van der Waals surface area contributed by atoms with Crippen molar-refractivity contribution in [2.45, 2.75) is 6.54 Å². The standard InChI is InChI=1S/C12H11BrN2/c1-2-7-15-9-14-8-12(15)10-5-3-4-6-11(10)13/h2-6,8-9H,1,7H2. The van der Waals surface area contributed by atoms with Crippen molar-refractivity contribution in [1.29, 1.82) is 0 Å². The van der Waals surface area contributed by atoms with E-state index in [0.29, 0.717) is 0 Å². The molecule has 0 N–H and O–H groups in total. The summed E-state index contributed by atoms with van der Waals surface area (Å²) in [5, 5.41) is 0. The molecule has 0 atom stereocenters. The maximum absolute atomic E-state index is 4.15. The van der Waals surface area contributed by atoms with Gasteiger partial charge in [0.1, 0.15) is 0 Å². The molecule has 3 heteroatoms. The van der Waals surface area contributed by atoms with E-state index in [-0.39, 0.29) is 0 Å². The van der Waals surface area contributed by atoms with Crippen molar-refractivity contribution in [3.8, 4) is 11.3 Å². The van der Waals surface area contributed by atoms with Gasteiger partial charge in [-0.1, -0.05) is 40.2 Å². The molecule has 0 fully saturated rings. The van der Waals surface area contributed by atoms with E-state index in [1.165, 1.54) is 0 Å². The van der Waals surface area contributed by atoms with Gasteiger partial charge in [-0.05, 0) is 6.07 Å². The summed E-state index contributed by atoms with van der Waals surface area (Å²) in [7, 11) is 0. The zero-order valence-electron chi connectivity index (χ0n) is 8.23. The fourth-order valence-corrected chi connectivity index (χ4v) is 1.99. The van der Waals surface area contributed by atoms with Crippen LogP contribution in [0.3, 0.4) is 0 Å². The van der Waals surface area contributed by atoms with Gasteiger partial charge in [0.2, 0.25) is 0 Å². The molecule has 1 aromatic carbocycles. The van der Waals surface area contributed by atoms with E-state index in [0.717, 1.165) is 22.3 Å². The lowest BCUT2D eigenvalue weighted by Crippen LogP contribution is -1.95. The Morgan fingerprint density at radius 3 is 2.93 bits per heavy atom. The first-order valence-electron chi connectivity index (χ1n) is 4.69. The normalized spacial score (nSPS) is 10.2. The highest BCUT2D eigenvalue weighted by Gasteiger charge is 2.06. The molecule has 2 aromatic rings. The van der Waals surface area contributed by atoms with Crippen LogP contribution in [0.4, 0.5) is 0 Å². The van der Waals surface area contributed by atoms with Crippen LogP contribution in [0.15, 0.2) is 53.9 Å². The number of halogens is 1. The van der Waals surface area contributed by atoms with Crippen LogP contribution in [0.5, 0.6) is 0 Å². The molecule has 2 nitrogen and oxygen atoms in total. The van der Waals surface area contributed by atoms with Gasteiger partial charge in [-0.2, -0.15) is 0 Å². The van der Waals surface area contributed by atoms with Gasteiger partial charge in [0.05, 0.1) is 18.2 Å². The van der Waals surface area contributed by atoms with Crippen molar-refractivity contribution < 1.29 is 0 Å². The van der Waals surface area contributed by atoms with E-state index < -0.39 is 0 Å². The predicted molar refractivity (Wildman–Crippen MR) is 65.6 cm³/mol. The molecule has 76 valence electrons. The fraction of sp³-hybridized carbons (Fsp3) is 0.0833. The van der Waals surface area contributed by atoms with E-state index in [9.17, 15) is 0 Å². The Morgan fingerprint density at radius 2 is 2.20 bits per heavy atom. The van der Waals surface area contributed by atoms with E-state index in [1.807, 2.05) is 36.8 Å². The van der Waals surface area contributed by atoms with Crippen molar-refractivity contribution in [3.05, 3.63) is 53.9 Å². The molecule has 0 saturated heterocycles. The van der Waals surface area contributed by atoms with Gasteiger partial charge in [-0.25, -0.2) is 4.98 Å². The first kappa shape index (κ1) is 10.2. The average Bonchev–Trinajstić information content (AvgIpc) is 2.67. The van der Waals surface area contributed by atoms with Crippen LogP contribution < -0.4 is 0 Å². The fourth-order valence-electron chi connectivity index (χ4n) is 1.50. The summed E-state index contributed by atoms with van der Waals surface area (Å²) < 4.78 is 3.14. The second-order valence-electron chi connectivity index (χ2n) is 3.20. The van der Waals surface area contributed by atoms with E-state index in [1.54, 1.807) is 0 Å². The Morgan fingerprint density at radius 1 is 1.40 bits per heavy atom. The Balaban J connectivity index is 2.49. The number of hydrogen-bond acceptors (Lipinski definition) is 1. The SMILES string of the molecule is C=CCn1cncc1-c1ccccc1Br. The molecule has 0 amide bonds. The summed E-state index contributed by atoms with van der Waals surface area (Å²) in [6.07, 6.45) is 5.54. The van der Waals surface area contributed by atoms with Gasteiger partial charge in [0, 0.05) is 16.6 Å². The Kier molecular flexibility index (Phi) is 3.02. The summed E-state index contributed by atoms with van der Waals surface area (Å²) in [6, 6.07) is 8.12. The van der Waals surface area contributed by atoms with Crippen LogP contribution >= 0.6 is 15.9 Å². The minimum absolute atomic E-state index is 0.774. The quantitative estimate of drug-likeness (QED) is 0.775. The van der Waals surface area contributed by atoms with Crippen molar-refractivity contribution in [1.82, 2.24) is 9.55 Å². The molecule has 1 heterocycles. The summed E-state index contributed by atoms with van der Waals surface area (Å²) >= 11 is 3.54. The van der Waals surface area contributed by atoms with Gasteiger partial charge in [0.15, 0.2) is 0 Å². The number of nitrogens with zero attached hydrogens (tertiary/aromatic N) is 2. The number of allylic oxidation sites excluding steroid dienone is 1. The first-order valence-corrected chi connectivity index (χ1v) is 5.48. The smallest absolute Gasteiger partial charge is 0.0953 e. The number of aromatic nitrogens is 2. The molecule has 15 heavy (non-hydrogen) atoms. The molecule has 0 spiro atoms. The highest BCUT2D eigenvalue weighted by atomic mass is 79.9. The maximum Gasteiger partial charge on any atom is 0.0953 e. The summed E-state index contributed by atoms with van der Waals surface area (Å²) in [6.45, 7) is 4.51. The van der Waals surface area contributed by atoms with Crippen LogP contribution in [-0.4, -0.2) is 9.55 Å². The molecule has 0 bridgehead atoms. The highest BCUT2D eigenvalue weighted by molar-refractivity contribution is 9.10. The van der Waals surface area contributed by atoms with E-state index in [4.69, 9.17) is 0 Å². The third-order valence-corrected chi connectivity index (χ3v) is 2.88. The Hall–Kier alpha value is -1.35. The monoisotopic (exact) mass is 262 g/mol. The number of rotatable bonds is 3. The van der Waals surface area contributed by atoms with Crippen molar-refractivity contribution in [2.75, 3.05) is 0 Å². The molecule has 0 aliphatic rings. The van der Waals surface area contributed by atoms with Crippen LogP contribution in [0.25, 0.3) is 11.3 Å². The molecule has 0 unspecified atom stereocenters. The van der Waals surface area contributed by atoms with Crippen LogP contribution in [0.2, 0.25) is 0 Å². The van der Waals surface area contributed by atoms with Crippen LogP contribution in [0.1, 0.15) is 0 Å². The van der Waals surface area contributed by atoms with Gasteiger partial charge >= 0.3 is 0 Å². The summed E-state index contributed by atoms with van der Waals surface area (Å²) in [5.41, 5.74) is 2.25. The lowest BCUT2D eigenvalue weighted by atomic mass is 10.2. The molecule has 1 aromatic heterocycles. The number of hydrogen-bond donors (Lipinski definition) is 0. The van der Waals surface area contributed by atoms with Crippen LogP contribution in [-0.2, 0) is 6.54 Å². The van der Waals surface area contributed by atoms with Crippen molar-refractivity contribution in [2.24, 2.45) is 0 Å². The van der Waals surface area contributed by atoms with Gasteiger partial charge in [-0.3, -0.25) is 0 Å². The highest BCUT2D eigenvalue weighted by Crippen LogP contribution is 2.27. The molecule has 0 aliphatic carbocycles. The largest absolute Gasteiger partial charge is 0.327 e. The third kappa shape index (κ3) is 2.02. The second kappa shape index (κ2) is 4.45. The van der Waals surface area contributed by atoms with E-state index in [2.05, 4.69) is 38.1 Å². The summed E-state index contributed by atoms with van der Waals surface area (Å²) in [5.74, 6) is 0. The molecular formula is C12H11BrN2. The topological polar surface area (TPSA) is 17.8 Å². The second-order valence-corrected chi connectivity index (χ2v) is 4.05.